The molecule has 0 saturated heterocycles. The fourth-order valence-corrected chi connectivity index (χ4v) is 2.62. The summed E-state index contributed by atoms with van der Waals surface area (Å²) in [6.07, 6.45) is 6.67. The molecular weight excluding hydrogens is 256 g/mol. The molecule has 0 amide bonds. The van der Waals surface area contributed by atoms with E-state index in [1.54, 1.807) is 26.0 Å². The molecule has 0 aromatic rings. The molecule has 0 saturated carbocycles. The molecule has 1 rings (SSSR count). The number of aliphatic carboxylic acids is 1. The maximum absolute atomic E-state index is 11.7. The Morgan fingerprint density at radius 1 is 1.50 bits per heavy atom. The minimum atomic E-state index is -1.23. The highest BCUT2D eigenvalue weighted by Crippen LogP contribution is 2.46. The van der Waals surface area contributed by atoms with Crippen LogP contribution in [-0.4, -0.2) is 27.6 Å². The first-order valence-corrected chi connectivity index (χ1v) is 6.69. The molecule has 2 atom stereocenters. The summed E-state index contributed by atoms with van der Waals surface area (Å²) >= 11 is 0. The minimum Gasteiger partial charge on any atom is -0.478 e. The summed E-state index contributed by atoms with van der Waals surface area (Å²) in [5.41, 5.74) is -0.682. The van der Waals surface area contributed by atoms with Crippen LogP contribution in [0.5, 0.6) is 0 Å². The summed E-state index contributed by atoms with van der Waals surface area (Å²) in [7, 11) is 0. The Hall–Kier alpha value is -1.68. The van der Waals surface area contributed by atoms with E-state index < -0.39 is 17.0 Å². The molecule has 0 bridgehead atoms. The number of ketones is 1. The summed E-state index contributed by atoms with van der Waals surface area (Å²) in [5.74, 6) is -1.01. The molecule has 20 heavy (non-hydrogen) atoms. The summed E-state index contributed by atoms with van der Waals surface area (Å²) in [4.78, 5) is 22.3. The standard InChI is InChI=1S/C16H22O4/c1-5-15(4)10-13(17)9-12(3)16(15,20)7-6-11(2)8-14(18)19/h6-9,20H,5,10H2,1-4H3,(H,18,19)/b7-6+,11-8-/t15-,16-/m0/s1. The van der Waals surface area contributed by atoms with Crippen molar-refractivity contribution in [2.45, 2.75) is 46.1 Å². The molecule has 4 nitrogen and oxygen atoms in total. The number of hydrogen-bond acceptors (Lipinski definition) is 3. The number of hydrogen-bond donors (Lipinski definition) is 2. The van der Waals surface area contributed by atoms with E-state index >= 15 is 0 Å². The Morgan fingerprint density at radius 3 is 2.60 bits per heavy atom. The molecule has 0 unspecified atom stereocenters. The summed E-state index contributed by atoms with van der Waals surface area (Å²) in [6.45, 7) is 7.20. The van der Waals surface area contributed by atoms with Crippen molar-refractivity contribution >= 4 is 11.8 Å². The highest BCUT2D eigenvalue weighted by atomic mass is 16.4. The minimum absolute atomic E-state index is 0.0164. The van der Waals surface area contributed by atoms with Crippen molar-refractivity contribution < 1.29 is 19.8 Å². The number of carboxylic acids is 1. The highest BCUT2D eigenvalue weighted by Gasteiger charge is 2.48. The van der Waals surface area contributed by atoms with Gasteiger partial charge in [-0.15, -0.1) is 0 Å². The molecule has 1 aliphatic carbocycles. The predicted octanol–water partition coefficient (Wildman–Crippen LogP) is 2.64. The van der Waals surface area contributed by atoms with Crippen LogP contribution < -0.4 is 0 Å². The van der Waals surface area contributed by atoms with Crippen LogP contribution in [0.15, 0.2) is 35.5 Å². The van der Waals surface area contributed by atoms with E-state index in [4.69, 9.17) is 5.11 Å². The summed E-state index contributed by atoms with van der Waals surface area (Å²) in [6, 6.07) is 0. The smallest absolute Gasteiger partial charge is 0.328 e. The molecule has 0 aromatic heterocycles. The highest BCUT2D eigenvalue weighted by molar-refractivity contribution is 5.92. The second-order valence-corrected chi connectivity index (χ2v) is 5.71. The second-order valence-electron chi connectivity index (χ2n) is 5.71. The zero-order valence-corrected chi connectivity index (χ0v) is 12.4. The second kappa shape index (κ2) is 5.75. The number of allylic oxidation sites excluding steroid dienone is 3. The van der Waals surface area contributed by atoms with E-state index in [1.807, 2.05) is 13.8 Å². The molecule has 110 valence electrons. The van der Waals surface area contributed by atoms with Gasteiger partial charge in [0, 0.05) is 17.9 Å². The number of carbonyl (C=O) groups is 2. The van der Waals surface area contributed by atoms with Crippen molar-refractivity contribution in [3.8, 4) is 0 Å². The molecular formula is C16H22O4. The lowest BCUT2D eigenvalue weighted by molar-refractivity contribution is -0.131. The maximum atomic E-state index is 11.7. The molecule has 1 aliphatic rings. The molecule has 0 fully saturated rings. The number of carbonyl (C=O) groups excluding carboxylic acids is 1. The van der Waals surface area contributed by atoms with Gasteiger partial charge in [0.05, 0.1) is 0 Å². The van der Waals surface area contributed by atoms with Crippen LogP contribution in [0, 0.1) is 5.41 Å². The first-order chi connectivity index (χ1) is 9.14. The Labute approximate surface area is 119 Å². The van der Waals surface area contributed by atoms with Gasteiger partial charge in [-0.25, -0.2) is 4.79 Å². The average Bonchev–Trinajstić information content (AvgIpc) is 2.33. The summed E-state index contributed by atoms with van der Waals surface area (Å²) in [5, 5.41) is 19.7. The molecule has 0 heterocycles. The molecule has 0 aliphatic heterocycles. The van der Waals surface area contributed by atoms with Gasteiger partial charge in [-0.3, -0.25) is 4.79 Å². The van der Waals surface area contributed by atoms with Crippen molar-refractivity contribution in [1.82, 2.24) is 0 Å². The van der Waals surface area contributed by atoms with Crippen molar-refractivity contribution in [2.75, 3.05) is 0 Å². The van der Waals surface area contributed by atoms with Gasteiger partial charge >= 0.3 is 5.97 Å². The predicted molar refractivity (Wildman–Crippen MR) is 77.3 cm³/mol. The molecule has 0 aromatic carbocycles. The third kappa shape index (κ3) is 3.07. The topological polar surface area (TPSA) is 74.6 Å². The average molecular weight is 278 g/mol. The quantitative estimate of drug-likeness (QED) is 0.612. The van der Waals surface area contributed by atoms with Crippen molar-refractivity contribution in [3.05, 3.63) is 35.5 Å². The third-order valence-corrected chi connectivity index (χ3v) is 4.18. The van der Waals surface area contributed by atoms with Crippen LogP contribution in [0.4, 0.5) is 0 Å². The molecule has 4 heteroatoms. The van der Waals surface area contributed by atoms with Crippen LogP contribution in [0.25, 0.3) is 0 Å². The van der Waals surface area contributed by atoms with Gasteiger partial charge in [-0.05, 0) is 43.6 Å². The Balaban J connectivity index is 3.22. The lowest BCUT2D eigenvalue weighted by atomic mass is 9.62. The van der Waals surface area contributed by atoms with Gasteiger partial charge in [-0.2, -0.15) is 0 Å². The van der Waals surface area contributed by atoms with E-state index in [0.29, 0.717) is 17.6 Å². The van der Waals surface area contributed by atoms with E-state index in [1.165, 1.54) is 6.08 Å². The van der Waals surface area contributed by atoms with Gasteiger partial charge in [0.15, 0.2) is 5.78 Å². The maximum Gasteiger partial charge on any atom is 0.328 e. The fourth-order valence-electron chi connectivity index (χ4n) is 2.62. The van der Waals surface area contributed by atoms with Gasteiger partial charge in [0.1, 0.15) is 5.60 Å². The normalized spacial score (nSPS) is 31.6. The molecule has 2 N–H and O–H groups in total. The lowest BCUT2D eigenvalue weighted by Crippen LogP contribution is -2.49. The van der Waals surface area contributed by atoms with Gasteiger partial charge in [0.25, 0.3) is 0 Å². The van der Waals surface area contributed by atoms with Crippen LogP contribution in [0.1, 0.15) is 40.5 Å². The fraction of sp³-hybridized carbons (Fsp3) is 0.500. The van der Waals surface area contributed by atoms with Crippen LogP contribution in [-0.2, 0) is 9.59 Å². The zero-order valence-electron chi connectivity index (χ0n) is 12.4. The van der Waals surface area contributed by atoms with Crippen LogP contribution >= 0.6 is 0 Å². The molecule has 0 radical (unpaired) electrons. The van der Waals surface area contributed by atoms with E-state index in [9.17, 15) is 14.7 Å². The van der Waals surface area contributed by atoms with E-state index in [2.05, 4.69) is 0 Å². The van der Waals surface area contributed by atoms with Gasteiger partial charge in [-0.1, -0.05) is 19.9 Å². The lowest BCUT2D eigenvalue weighted by Gasteiger charge is -2.46. The van der Waals surface area contributed by atoms with Crippen molar-refractivity contribution in [1.29, 1.82) is 0 Å². The monoisotopic (exact) mass is 278 g/mol. The Bertz CT molecular complexity index is 513. The summed E-state index contributed by atoms with van der Waals surface area (Å²) < 4.78 is 0. The van der Waals surface area contributed by atoms with E-state index in [-0.39, 0.29) is 12.2 Å². The van der Waals surface area contributed by atoms with Gasteiger partial charge < -0.3 is 10.2 Å². The van der Waals surface area contributed by atoms with Crippen molar-refractivity contribution in [3.63, 3.8) is 0 Å². The van der Waals surface area contributed by atoms with Gasteiger partial charge in [0.2, 0.25) is 0 Å². The number of rotatable bonds is 4. The zero-order chi connectivity index (χ0) is 15.6. The van der Waals surface area contributed by atoms with E-state index in [0.717, 1.165) is 6.08 Å². The Morgan fingerprint density at radius 2 is 2.10 bits per heavy atom. The third-order valence-electron chi connectivity index (χ3n) is 4.18. The Kier molecular flexibility index (Phi) is 4.71. The SMILES string of the molecule is CC[C@@]1(C)CC(=O)C=C(C)[C@@]1(O)/C=C/C(C)=C\C(=O)O. The largest absolute Gasteiger partial charge is 0.478 e. The van der Waals surface area contributed by atoms with Crippen molar-refractivity contribution in [2.24, 2.45) is 5.41 Å². The number of aliphatic hydroxyl groups is 1. The first kappa shape index (κ1) is 16.4. The first-order valence-electron chi connectivity index (χ1n) is 6.69. The number of carboxylic acid groups (broad SMARTS) is 1. The molecule has 0 spiro atoms. The van der Waals surface area contributed by atoms with Crippen LogP contribution in [0.3, 0.4) is 0 Å². The van der Waals surface area contributed by atoms with Crippen LogP contribution in [0.2, 0.25) is 0 Å².